The molecule has 1 aliphatic heterocycles. The number of alkyl halides is 3. The molecule has 1 amide bonds. The zero-order chi connectivity index (χ0) is 24.3. The van der Waals surface area contributed by atoms with Crippen LogP contribution in [0.3, 0.4) is 0 Å². The molecule has 1 heterocycles. The number of nitrogens with one attached hydrogen (secondary N) is 1. The first-order chi connectivity index (χ1) is 16.2. The zero-order valence-electron chi connectivity index (χ0n) is 18.0. The van der Waals surface area contributed by atoms with Crippen LogP contribution in [0.5, 0.6) is 11.5 Å². The predicted molar refractivity (Wildman–Crippen MR) is 125 cm³/mol. The second-order valence-electron chi connectivity index (χ2n) is 7.93. The van der Waals surface area contributed by atoms with Gasteiger partial charge in [-0.1, -0.05) is 49.0 Å². The van der Waals surface area contributed by atoms with Crippen molar-refractivity contribution >= 4 is 28.4 Å². The van der Waals surface area contributed by atoms with Gasteiger partial charge in [0.1, 0.15) is 29.4 Å². The molecule has 1 aliphatic rings. The molecule has 0 spiro atoms. The summed E-state index contributed by atoms with van der Waals surface area (Å²) in [6.45, 7) is 3.67. The lowest BCUT2D eigenvalue weighted by Gasteiger charge is -2.29. The van der Waals surface area contributed by atoms with Crippen molar-refractivity contribution in [3.8, 4) is 11.5 Å². The standard InChI is InChI=1S/C25H22F3NO4S/c1-16(30)24(12-13-34-15-24)29-23(31)21-11-8-18-4-2-3-5-20(18)22(21)32-14-17-6-9-19(10-7-17)33-25(26,27)28/h2-11,30H,1,12-15H2,(H,29,31). The van der Waals surface area contributed by atoms with Crippen LogP contribution in [0.25, 0.3) is 10.8 Å². The summed E-state index contributed by atoms with van der Waals surface area (Å²) in [6.07, 6.45) is -4.20. The average molecular weight is 490 g/mol. The highest BCUT2D eigenvalue weighted by Gasteiger charge is 2.39. The Balaban J connectivity index is 1.60. The molecule has 9 heteroatoms. The van der Waals surface area contributed by atoms with Crippen LogP contribution >= 0.6 is 11.8 Å². The van der Waals surface area contributed by atoms with Crippen molar-refractivity contribution in [1.29, 1.82) is 0 Å². The van der Waals surface area contributed by atoms with Crippen molar-refractivity contribution in [2.45, 2.75) is 24.9 Å². The number of thioether (sulfide) groups is 1. The normalized spacial score (nSPS) is 18.0. The van der Waals surface area contributed by atoms with Crippen molar-refractivity contribution < 1.29 is 32.5 Å². The lowest BCUT2D eigenvalue weighted by molar-refractivity contribution is -0.274. The molecule has 0 aliphatic carbocycles. The van der Waals surface area contributed by atoms with Crippen molar-refractivity contribution in [2.24, 2.45) is 0 Å². The summed E-state index contributed by atoms with van der Waals surface area (Å²) in [5.74, 6) is 0.822. The molecular formula is C25H22F3NO4S. The fourth-order valence-electron chi connectivity index (χ4n) is 3.77. The van der Waals surface area contributed by atoms with E-state index in [0.717, 1.165) is 11.1 Å². The quantitative estimate of drug-likeness (QED) is 0.399. The maximum absolute atomic E-state index is 13.3. The summed E-state index contributed by atoms with van der Waals surface area (Å²) in [4.78, 5) is 13.3. The molecule has 178 valence electrons. The van der Waals surface area contributed by atoms with Crippen LogP contribution in [-0.2, 0) is 6.61 Å². The number of amides is 1. The van der Waals surface area contributed by atoms with E-state index >= 15 is 0 Å². The van der Waals surface area contributed by atoms with E-state index in [4.69, 9.17) is 4.74 Å². The first-order valence-corrected chi connectivity index (χ1v) is 11.6. The van der Waals surface area contributed by atoms with Crippen LogP contribution in [0, 0.1) is 0 Å². The summed E-state index contributed by atoms with van der Waals surface area (Å²) in [6, 6.07) is 16.2. The SMILES string of the molecule is C=C(O)C1(NC(=O)c2ccc3ccccc3c2OCc2ccc(OC(F)(F)F)cc2)CCSC1. The van der Waals surface area contributed by atoms with Gasteiger partial charge in [-0.2, -0.15) is 11.8 Å². The topological polar surface area (TPSA) is 67.8 Å². The molecule has 1 unspecified atom stereocenters. The van der Waals surface area contributed by atoms with Crippen molar-refractivity contribution in [1.82, 2.24) is 5.32 Å². The molecule has 3 aromatic carbocycles. The van der Waals surface area contributed by atoms with E-state index in [1.165, 1.54) is 24.3 Å². The molecule has 34 heavy (non-hydrogen) atoms. The van der Waals surface area contributed by atoms with E-state index in [9.17, 15) is 23.1 Å². The van der Waals surface area contributed by atoms with E-state index in [1.54, 1.807) is 17.8 Å². The highest BCUT2D eigenvalue weighted by atomic mass is 32.2. The summed E-state index contributed by atoms with van der Waals surface area (Å²) >= 11 is 1.62. The first-order valence-electron chi connectivity index (χ1n) is 10.4. The van der Waals surface area contributed by atoms with Gasteiger partial charge >= 0.3 is 6.36 Å². The Morgan fingerprint density at radius 3 is 2.50 bits per heavy atom. The molecule has 2 N–H and O–H groups in total. The Labute approximate surface area is 198 Å². The van der Waals surface area contributed by atoms with Crippen LogP contribution < -0.4 is 14.8 Å². The molecule has 0 aromatic heterocycles. The molecule has 1 fully saturated rings. The minimum Gasteiger partial charge on any atom is -0.510 e. The van der Waals surface area contributed by atoms with Gasteiger partial charge < -0.3 is 19.9 Å². The van der Waals surface area contributed by atoms with E-state index in [2.05, 4.69) is 16.6 Å². The maximum Gasteiger partial charge on any atom is 0.573 e. The summed E-state index contributed by atoms with van der Waals surface area (Å²) in [7, 11) is 0. The third kappa shape index (κ3) is 5.25. The Bertz CT molecular complexity index is 1210. The van der Waals surface area contributed by atoms with Crippen molar-refractivity contribution in [3.05, 3.63) is 84.1 Å². The minimum absolute atomic E-state index is 0.0221. The smallest absolute Gasteiger partial charge is 0.510 e. The van der Waals surface area contributed by atoms with Gasteiger partial charge in [-0.25, -0.2) is 0 Å². The number of rotatable bonds is 7. The van der Waals surface area contributed by atoms with E-state index in [0.29, 0.717) is 28.9 Å². The molecule has 0 saturated carbocycles. The number of hydrogen-bond donors (Lipinski definition) is 2. The molecule has 1 atom stereocenters. The first kappa shape index (κ1) is 23.8. The van der Waals surface area contributed by atoms with E-state index < -0.39 is 17.8 Å². The monoisotopic (exact) mass is 489 g/mol. The number of carbonyl (C=O) groups is 1. The number of halogens is 3. The molecule has 4 rings (SSSR count). The molecule has 0 radical (unpaired) electrons. The van der Waals surface area contributed by atoms with Crippen molar-refractivity contribution in [2.75, 3.05) is 11.5 Å². The van der Waals surface area contributed by atoms with Gasteiger partial charge in [-0.3, -0.25) is 4.79 Å². The van der Waals surface area contributed by atoms with E-state index in [-0.39, 0.29) is 23.7 Å². The van der Waals surface area contributed by atoms with Crippen LogP contribution in [0.1, 0.15) is 22.3 Å². The van der Waals surface area contributed by atoms with E-state index in [1.807, 2.05) is 30.3 Å². The van der Waals surface area contributed by atoms with Gasteiger partial charge in [-0.15, -0.1) is 13.2 Å². The highest BCUT2D eigenvalue weighted by Crippen LogP contribution is 2.35. The number of aliphatic hydroxyl groups excluding tert-OH is 1. The zero-order valence-corrected chi connectivity index (χ0v) is 18.8. The Hall–Kier alpha value is -3.33. The Kier molecular flexibility index (Phi) is 6.65. The largest absolute Gasteiger partial charge is 0.573 e. The molecule has 5 nitrogen and oxygen atoms in total. The van der Waals surface area contributed by atoms with Crippen LogP contribution in [0.4, 0.5) is 13.2 Å². The van der Waals surface area contributed by atoms with Gasteiger partial charge in [0.2, 0.25) is 0 Å². The van der Waals surface area contributed by atoms with Gasteiger partial charge in [0.15, 0.2) is 0 Å². The maximum atomic E-state index is 13.3. The highest BCUT2D eigenvalue weighted by molar-refractivity contribution is 7.99. The predicted octanol–water partition coefficient (Wildman–Crippen LogP) is 5.99. The van der Waals surface area contributed by atoms with Gasteiger partial charge in [-0.05, 0) is 41.3 Å². The lowest BCUT2D eigenvalue weighted by atomic mass is 9.95. The summed E-state index contributed by atoms with van der Waals surface area (Å²) in [5, 5.41) is 14.7. The summed E-state index contributed by atoms with van der Waals surface area (Å²) < 4.78 is 47.1. The molecule has 0 bridgehead atoms. The Morgan fingerprint density at radius 2 is 1.85 bits per heavy atom. The Morgan fingerprint density at radius 1 is 1.12 bits per heavy atom. The fraction of sp³-hybridized carbons (Fsp3) is 0.240. The third-order valence-corrected chi connectivity index (χ3v) is 6.78. The third-order valence-electron chi connectivity index (χ3n) is 5.59. The van der Waals surface area contributed by atoms with Gasteiger partial charge in [0, 0.05) is 11.1 Å². The van der Waals surface area contributed by atoms with Crippen LogP contribution in [0.15, 0.2) is 73.0 Å². The number of ether oxygens (including phenoxy) is 2. The average Bonchev–Trinajstić information content (AvgIpc) is 3.27. The van der Waals surface area contributed by atoms with Crippen LogP contribution in [-0.4, -0.2) is 34.4 Å². The number of carbonyl (C=O) groups excluding carboxylic acids is 1. The molecule has 3 aromatic rings. The number of fused-ring (bicyclic) bond motifs is 1. The number of hydrogen-bond acceptors (Lipinski definition) is 5. The van der Waals surface area contributed by atoms with Crippen molar-refractivity contribution in [3.63, 3.8) is 0 Å². The molecule has 1 saturated heterocycles. The summed E-state index contributed by atoms with van der Waals surface area (Å²) in [5.41, 5.74) is -0.0200. The molecular weight excluding hydrogens is 467 g/mol. The van der Waals surface area contributed by atoms with Gasteiger partial charge in [0.25, 0.3) is 5.91 Å². The fourth-order valence-corrected chi connectivity index (χ4v) is 5.14. The van der Waals surface area contributed by atoms with Crippen LogP contribution in [0.2, 0.25) is 0 Å². The second kappa shape index (κ2) is 9.50. The minimum atomic E-state index is -4.77. The lowest BCUT2D eigenvalue weighted by Crippen LogP contribution is -2.50. The number of aliphatic hydroxyl groups is 1. The second-order valence-corrected chi connectivity index (χ2v) is 9.03. The van der Waals surface area contributed by atoms with Gasteiger partial charge in [0.05, 0.1) is 5.56 Å². The number of benzene rings is 3.